The zero-order chi connectivity index (χ0) is 14.7. The second kappa shape index (κ2) is 6.16. The fraction of sp³-hybridized carbons (Fsp3) is 0.182. The van der Waals surface area contributed by atoms with Crippen LogP contribution in [0.3, 0.4) is 0 Å². The van der Waals surface area contributed by atoms with Gasteiger partial charge in [-0.3, -0.25) is 9.59 Å². The summed E-state index contributed by atoms with van der Waals surface area (Å²) in [5, 5.41) is 9.20. The van der Waals surface area contributed by atoms with E-state index in [1.165, 1.54) is 6.07 Å². The molecule has 0 aliphatic rings. The summed E-state index contributed by atoms with van der Waals surface area (Å²) in [6.45, 7) is 2.26. The molecule has 0 fully saturated rings. The predicted molar refractivity (Wildman–Crippen MR) is 71.4 cm³/mol. The highest BCUT2D eigenvalue weighted by Gasteiger charge is 2.26. The molecule has 1 aromatic rings. The van der Waals surface area contributed by atoms with Crippen molar-refractivity contribution < 1.29 is 29.0 Å². The van der Waals surface area contributed by atoms with Crippen molar-refractivity contribution in [3.8, 4) is 11.5 Å². The van der Waals surface area contributed by atoms with E-state index in [1.807, 2.05) is 0 Å². The van der Waals surface area contributed by atoms with Crippen molar-refractivity contribution in [3.63, 3.8) is 0 Å². The first-order valence-corrected chi connectivity index (χ1v) is 6.44. The van der Waals surface area contributed by atoms with Gasteiger partial charge in [-0.05, 0) is 37.9 Å². The number of rotatable bonds is 3. The predicted octanol–water partition coefficient (Wildman–Crippen LogP) is 2.76. The Kier molecular flexibility index (Phi) is 5.07. The van der Waals surface area contributed by atoms with Crippen LogP contribution in [0.25, 0.3) is 0 Å². The van der Waals surface area contributed by atoms with Gasteiger partial charge in [-0.25, -0.2) is 4.79 Å². The number of hydrogen-bond acceptors (Lipinski definition) is 5. The van der Waals surface area contributed by atoms with Crippen LogP contribution in [0.15, 0.2) is 15.0 Å². The van der Waals surface area contributed by atoms with Crippen LogP contribution in [0.5, 0.6) is 11.5 Å². The van der Waals surface area contributed by atoms with E-state index >= 15 is 0 Å². The summed E-state index contributed by atoms with van der Waals surface area (Å²) in [6.07, 6.45) is 0. The van der Waals surface area contributed by atoms with Crippen molar-refractivity contribution in [3.05, 3.63) is 20.6 Å². The molecule has 0 spiro atoms. The SMILES string of the molecule is CC(=O)Oc1c(Br)cc(Br)c(OC(C)=O)c1C(=O)O. The number of hydrogen-bond donors (Lipinski definition) is 1. The lowest BCUT2D eigenvalue weighted by Crippen LogP contribution is -2.12. The van der Waals surface area contributed by atoms with Crippen LogP contribution in [0.1, 0.15) is 24.2 Å². The monoisotopic (exact) mass is 394 g/mol. The number of ether oxygens (including phenoxy) is 2. The van der Waals surface area contributed by atoms with Gasteiger partial charge in [-0.2, -0.15) is 0 Å². The summed E-state index contributed by atoms with van der Waals surface area (Å²) >= 11 is 6.17. The Bertz CT molecular complexity index is 527. The van der Waals surface area contributed by atoms with Gasteiger partial charge in [0, 0.05) is 13.8 Å². The molecule has 0 radical (unpaired) electrons. The molecule has 0 aliphatic carbocycles. The molecule has 0 saturated carbocycles. The van der Waals surface area contributed by atoms with Crippen LogP contribution in [0, 0.1) is 0 Å². The largest absolute Gasteiger partial charge is 0.477 e. The first kappa shape index (κ1) is 15.6. The van der Waals surface area contributed by atoms with Crippen LogP contribution in [-0.4, -0.2) is 23.0 Å². The van der Waals surface area contributed by atoms with E-state index in [9.17, 15) is 19.5 Å². The van der Waals surface area contributed by atoms with E-state index < -0.39 is 23.5 Å². The molecule has 0 aliphatic heterocycles. The summed E-state index contributed by atoms with van der Waals surface area (Å²) < 4.78 is 10.1. The number of aromatic carboxylic acids is 1. The maximum Gasteiger partial charge on any atom is 0.343 e. The maximum absolute atomic E-state index is 11.3. The number of halogens is 2. The lowest BCUT2D eigenvalue weighted by molar-refractivity contribution is -0.132. The van der Waals surface area contributed by atoms with Gasteiger partial charge in [0.25, 0.3) is 0 Å². The van der Waals surface area contributed by atoms with E-state index in [0.717, 1.165) is 13.8 Å². The van der Waals surface area contributed by atoms with Crippen molar-refractivity contribution >= 4 is 49.8 Å². The Morgan fingerprint density at radius 1 is 1.00 bits per heavy atom. The minimum absolute atomic E-state index is 0.223. The standard InChI is InChI=1S/C11H8Br2O6/c1-4(14)18-9-6(12)3-7(13)10(19-5(2)15)8(9)11(16)17/h3H,1-2H3,(H,16,17). The lowest BCUT2D eigenvalue weighted by atomic mass is 10.1. The van der Waals surface area contributed by atoms with Crippen LogP contribution in [-0.2, 0) is 9.59 Å². The van der Waals surface area contributed by atoms with E-state index in [-0.39, 0.29) is 20.4 Å². The lowest BCUT2D eigenvalue weighted by Gasteiger charge is -2.13. The van der Waals surface area contributed by atoms with E-state index in [2.05, 4.69) is 31.9 Å². The van der Waals surface area contributed by atoms with E-state index in [0.29, 0.717) is 0 Å². The minimum Gasteiger partial charge on any atom is -0.477 e. The van der Waals surface area contributed by atoms with Gasteiger partial charge in [-0.15, -0.1) is 0 Å². The number of carbonyl (C=O) groups is 3. The Labute approximate surface area is 124 Å². The zero-order valence-electron chi connectivity index (χ0n) is 9.82. The summed E-state index contributed by atoms with van der Waals surface area (Å²) in [7, 11) is 0. The molecule has 8 heteroatoms. The second-order valence-corrected chi connectivity index (χ2v) is 5.07. The molecule has 6 nitrogen and oxygen atoms in total. The third-order valence-corrected chi connectivity index (χ3v) is 3.02. The van der Waals surface area contributed by atoms with E-state index in [4.69, 9.17) is 9.47 Å². The molecule has 0 amide bonds. The Hall–Kier alpha value is -1.41. The normalized spacial score (nSPS) is 9.89. The number of benzene rings is 1. The average Bonchev–Trinajstić information content (AvgIpc) is 2.23. The quantitative estimate of drug-likeness (QED) is 0.625. The third kappa shape index (κ3) is 3.77. The van der Waals surface area contributed by atoms with Gasteiger partial charge in [0.05, 0.1) is 8.95 Å². The first-order valence-electron chi connectivity index (χ1n) is 4.86. The molecule has 1 N–H and O–H groups in total. The van der Waals surface area contributed by atoms with Crippen LogP contribution in [0.2, 0.25) is 0 Å². The Morgan fingerprint density at radius 2 is 1.37 bits per heavy atom. The molecule has 102 valence electrons. The fourth-order valence-corrected chi connectivity index (χ4v) is 2.59. The van der Waals surface area contributed by atoms with Gasteiger partial charge in [0.1, 0.15) is 5.56 Å². The highest BCUT2D eigenvalue weighted by Crippen LogP contribution is 2.41. The fourth-order valence-electron chi connectivity index (χ4n) is 1.27. The number of carboxylic acid groups (broad SMARTS) is 1. The van der Waals surface area contributed by atoms with Crippen molar-refractivity contribution in [2.45, 2.75) is 13.8 Å². The molecular weight excluding hydrogens is 388 g/mol. The molecule has 19 heavy (non-hydrogen) atoms. The molecule has 0 aromatic heterocycles. The molecule has 1 rings (SSSR count). The summed E-state index contributed by atoms with van der Waals surface area (Å²) in [4.78, 5) is 33.3. The third-order valence-electron chi connectivity index (χ3n) is 1.85. The highest BCUT2D eigenvalue weighted by molar-refractivity contribution is 9.11. The zero-order valence-corrected chi connectivity index (χ0v) is 13.0. The molecule has 0 saturated heterocycles. The Balaban J connectivity index is 3.57. The summed E-state index contributed by atoms with van der Waals surface area (Å²) in [5.74, 6) is -3.23. The van der Waals surface area contributed by atoms with Crippen LogP contribution < -0.4 is 9.47 Å². The molecule has 0 bridgehead atoms. The average molecular weight is 396 g/mol. The number of carboxylic acids is 1. The van der Waals surface area contributed by atoms with Gasteiger partial charge in [0.2, 0.25) is 0 Å². The molecule has 0 atom stereocenters. The molecule has 0 heterocycles. The first-order chi connectivity index (χ1) is 8.73. The van der Waals surface area contributed by atoms with Gasteiger partial charge in [-0.1, -0.05) is 0 Å². The summed E-state index contributed by atoms with van der Waals surface area (Å²) in [6, 6.07) is 1.42. The highest BCUT2D eigenvalue weighted by atomic mass is 79.9. The van der Waals surface area contributed by atoms with Gasteiger partial charge < -0.3 is 14.6 Å². The molecule has 0 unspecified atom stereocenters. The number of carbonyl (C=O) groups excluding carboxylic acids is 2. The van der Waals surface area contributed by atoms with Crippen LogP contribution >= 0.6 is 31.9 Å². The molecular formula is C11H8Br2O6. The van der Waals surface area contributed by atoms with Crippen molar-refractivity contribution in [1.82, 2.24) is 0 Å². The van der Waals surface area contributed by atoms with Gasteiger partial charge >= 0.3 is 17.9 Å². The smallest absolute Gasteiger partial charge is 0.343 e. The van der Waals surface area contributed by atoms with Crippen LogP contribution in [0.4, 0.5) is 0 Å². The van der Waals surface area contributed by atoms with Crippen molar-refractivity contribution in [2.24, 2.45) is 0 Å². The second-order valence-electron chi connectivity index (χ2n) is 3.37. The topological polar surface area (TPSA) is 89.9 Å². The number of esters is 2. The van der Waals surface area contributed by atoms with Gasteiger partial charge in [0.15, 0.2) is 11.5 Å². The van der Waals surface area contributed by atoms with Crippen molar-refractivity contribution in [1.29, 1.82) is 0 Å². The van der Waals surface area contributed by atoms with E-state index in [1.54, 1.807) is 0 Å². The maximum atomic E-state index is 11.3. The van der Waals surface area contributed by atoms with Crippen molar-refractivity contribution in [2.75, 3.05) is 0 Å². The Morgan fingerprint density at radius 3 is 1.63 bits per heavy atom. The minimum atomic E-state index is -1.39. The summed E-state index contributed by atoms with van der Waals surface area (Å²) in [5.41, 5.74) is -0.424. The molecule has 1 aromatic carbocycles.